The van der Waals surface area contributed by atoms with Gasteiger partial charge in [0.1, 0.15) is 6.61 Å². The fraction of sp³-hybridized carbons (Fsp3) is 0.423. The summed E-state index contributed by atoms with van der Waals surface area (Å²) in [5.74, 6) is -1.48. The van der Waals surface area contributed by atoms with E-state index in [9.17, 15) is 19.5 Å². The molecule has 180 valence electrons. The van der Waals surface area contributed by atoms with E-state index >= 15 is 0 Å². The van der Waals surface area contributed by atoms with E-state index in [2.05, 4.69) is 29.6 Å². The molecule has 2 aromatic rings. The van der Waals surface area contributed by atoms with Gasteiger partial charge in [-0.25, -0.2) is 9.59 Å². The molecular weight excluding hydrogens is 436 g/mol. The Balaban J connectivity index is 1.31. The molecule has 8 nitrogen and oxygen atoms in total. The van der Waals surface area contributed by atoms with Gasteiger partial charge in [0, 0.05) is 44.3 Å². The van der Waals surface area contributed by atoms with Crippen LogP contribution in [0.25, 0.3) is 11.1 Å². The molecule has 1 saturated heterocycles. The maximum absolute atomic E-state index is 12.7. The van der Waals surface area contributed by atoms with E-state index in [1.807, 2.05) is 31.2 Å². The van der Waals surface area contributed by atoms with Crippen LogP contribution in [0.2, 0.25) is 0 Å². The van der Waals surface area contributed by atoms with Crippen LogP contribution >= 0.6 is 0 Å². The molecule has 0 saturated carbocycles. The Morgan fingerprint density at radius 1 is 1.06 bits per heavy atom. The Morgan fingerprint density at radius 3 is 2.15 bits per heavy atom. The van der Waals surface area contributed by atoms with Crippen LogP contribution in [0, 0.1) is 0 Å². The number of piperidine rings is 1. The van der Waals surface area contributed by atoms with E-state index < -0.39 is 23.7 Å². The van der Waals surface area contributed by atoms with E-state index in [0.29, 0.717) is 6.42 Å². The number of fused-ring (bicyclic) bond motifs is 3. The van der Waals surface area contributed by atoms with E-state index in [1.54, 1.807) is 4.90 Å². The summed E-state index contributed by atoms with van der Waals surface area (Å²) in [7, 11) is 0. The van der Waals surface area contributed by atoms with Crippen molar-refractivity contribution < 1.29 is 29.3 Å². The molecular formula is C26H30N2O6. The van der Waals surface area contributed by atoms with Crippen LogP contribution in [-0.2, 0) is 14.3 Å². The first kappa shape index (κ1) is 23.8. The fourth-order valence-electron chi connectivity index (χ4n) is 4.78. The number of aliphatic carboxylic acids is 1. The molecule has 1 heterocycles. The highest BCUT2D eigenvalue weighted by Gasteiger charge is 2.40. The summed E-state index contributed by atoms with van der Waals surface area (Å²) in [6.45, 7) is 2.41. The summed E-state index contributed by atoms with van der Waals surface area (Å²) in [6.07, 6.45) is 0.0464. The number of ether oxygens (including phenoxy) is 1. The lowest BCUT2D eigenvalue weighted by molar-refractivity contribution is -0.165. The minimum atomic E-state index is -1.78. The second kappa shape index (κ2) is 9.85. The van der Waals surface area contributed by atoms with Crippen molar-refractivity contribution in [1.82, 2.24) is 10.2 Å². The molecule has 1 atom stereocenters. The van der Waals surface area contributed by atoms with Gasteiger partial charge < -0.3 is 25.2 Å². The number of alkyl carbamates (subject to hydrolysis) is 1. The average Bonchev–Trinajstić information content (AvgIpc) is 3.16. The Hall–Kier alpha value is -3.39. The molecule has 3 N–H and O–H groups in total. The summed E-state index contributed by atoms with van der Waals surface area (Å²) < 4.78 is 5.58. The maximum Gasteiger partial charge on any atom is 0.407 e. The van der Waals surface area contributed by atoms with Crippen LogP contribution in [0.1, 0.15) is 49.7 Å². The maximum atomic E-state index is 12.7. The third-order valence-electron chi connectivity index (χ3n) is 6.92. The number of nitrogens with zero attached hydrogens (tertiary/aromatic N) is 1. The van der Waals surface area contributed by atoms with Gasteiger partial charge in [-0.1, -0.05) is 55.5 Å². The number of carbonyl (C=O) groups excluding carboxylic acids is 2. The van der Waals surface area contributed by atoms with Gasteiger partial charge in [0.25, 0.3) is 0 Å². The van der Waals surface area contributed by atoms with Crippen molar-refractivity contribution in [2.75, 3.05) is 19.7 Å². The molecule has 8 heteroatoms. The zero-order valence-corrected chi connectivity index (χ0v) is 19.2. The minimum absolute atomic E-state index is 0.00925. The minimum Gasteiger partial charge on any atom is -0.479 e. The first-order valence-electron chi connectivity index (χ1n) is 11.7. The Labute approximate surface area is 198 Å². The second-order valence-corrected chi connectivity index (χ2v) is 9.00. The largest absolute Gasteiger partial charge is 0.479 e. The zero-order chi connectivity index (χ0) is 24.3. The van der Waals surface area contributed by atoms with Crippen LogP contribution in [0.15, 0.2) is 48.5 Å². The number of benzene rings is 2. The Morgan fingerprint density at radius 2 is 1.62 bits per heavy atom. The molecule has 0 spiro atoms. The molecule has 1 aliphatic heterocycles. The smallest absolute Gasteiger partial charge is 0.407 e. The standard InChI is InChI=1S/C26H30N2O6/c1-2-17(15-23(29)28-13-11-26(33,12-14-28)24(30)31)27-25(32)34-16-22-20-9-5-3-7-18(20)19-8-4-6-10-21(19)22/h3-10,17,22,33H,2,11-16H2,1H3,(H,27,32)(H,30,31)/t17-/m0/s1. The lowest BCUT2D eigenvalue weighted by Gasteiger charge is -2.35. The fourth-order valence-corrected chi connectivity index (χ4v) is 4.78. The molecule has 2 aliphatic rings. The number of carboxylic acids is 1. The lowest BCUT2D eigenvalue weighted by Crippen LogP contribution is -2.51. The van der Waals surface area contributed by atoms with Gasteiger partial charge in [0.05, 0.1) is 0 Å². The van der Waals surface area contributed by atoms with Crippen LogP contribution in [0.4, 0.5) is 4.79 Å². The number of carbonyl (C=O) groups is 3. The Bertz CT molecular complexity index is 1030. The topological polar surface area (TPSA) is 116 Å². The summed E-state index contributed by atoms with van der Waals surface area (Å²) in [6, 6.07) is 15.8. The molecule has 4 rings (SSSR count). The molecule has 2 amide bonds. The molecule has 1 fully saturated rings. The molecule has 34 heavy (non-hydrogen) atoms. The zero-order valence-electron chi connectivity index (χ0n) is 19.2. The van der Waals surface area contributed by atoms with Crippen LogP contribution in [-0.4, -0.2) is 64.4 Å². The van der Waals surface area contributed by atoms with Gasteiger partial charge in [-0.3, -0.25) is 4.79 Å². The van der Waals surface area contributed by atoms with Gasteiger partial charge >= 0.3 is 12.1 Å². The number of nitrogens with one attached hydrogen (secondary N) is 1. The van der Waals surface area contributed by atoms with E-state index in [4.69, 9.17) is 9.84 Å². The van der Waals surface area contributed by atoms with Crippen molar-refractivity contribution >= 4 is 18.0 Å². The summed E-state index contributed by atoms with van der Waals surface area (Å²) in [5.41, 5.74) is 2.79. The molecule has 2 aromatic carbocycles. The number of hydrogen-bond acceptors (Lipinski definition) is 5. The first-order valence-corrected chi connectivity index (χ1v) is 11.7. The van der Waals surface area contributed by atoms with Gasteiger partial charge in [-0.15, -0.1) is 0 Å². The highest BCUT2D eigenvalue weighted by molar-refractivity contribution is 5.81. The predicted molar refractivity (Wildman–Crippen MR) is 125 cm³/mol. The highest BCUT2D eigenvalue weighted by atomic mass is 16.5. The normalized spacial score (nSPS) is 17.4. The molecule has 0 unspecified atom stereocenters. The van der Waals surface area contributed by atoms with Crippen molar-refractivity contribution in [2.45, 2.75) is 50.2 Å². The first-order chi connectivity index (χ1) is 16.3. The molecule has 1 aliphatic carbocycles. The molecule has 0 bridgehead atoms. The third kappa shape index (κ3) is 4.77. The van der Waals surface area contributed by atoms with Crippen LogP contribution in [0.5, 0.6) is 0 Å². The SMILES string of the molecule is CC[C@@H](CC(=O)N1CCC(O)(C(=O)O)CC1)NC(=O)OCC1c2ccccc2-c2ccccc21. The van der Waals surface area contributed by atoms with Gasteiger partial charge in [0.15, 0.2) is 5.60 Å². The van der Waals surface area contributed by atoms with E-state index in [0.717, 1.165) is 22.3 Å². The number of hydrogen-bond donors (Lipinski definition) is 3. The number of amides is 2. The summed E-state index contributed by atoms with van der Waals surface area (Å²) in [4.78, 5) is 37.9. The van der Waals surface area contributed by atoms with Crippen LogP contribution in [0.3, 0.4) is 0 Å². The predicted octanol–water partition coefficient (Wildman–Crippen LogP) is 3.13. The molecule has 0 aromatic heterocycles. The highest BCUT2D eigenvalue weighted by Crippen LogP contribution is 2.44. The number of likely N-dealkylation sites (tertiary alicyclic amines) is 1. The van der Waals surface area contributed by atoms with Crippen LogP contribution < -0.4 is 5.32 Å². The molecule has 0 radical (unpaired) electrons. The summed E-state index contributed by atoms with van der Waals surface area (Å²) in [5, 5.41) is 22.0. The van der Waals surface area contributed by atoms with Crippen molar-refractivity contribution in [3.63, 3.8) is 0 Å². The quantitative estimate of drug-likeness (QED) is 0.577. The van der Waals surface area contributed by atoms with Crippen molar-refractivity contribution in [3.05, 3.63) is 59.7 Å². The van der Waals surface area contributed by atoms with Gasteiger partial charge in [-0.2, -0.15) is 0 Å². The monoisotopic (exact) mass is 466 g/mol. The lowest BCUT2D eigenvalue weighted by atomic mass is 9.91. The third-order valence-corrected chi connectivity index (χ3v) is 6.92. The van der Waals surface area contributed by atoms with Crippen molar-refractivity contribution in [3.8, 4) is 11.1 Å². The van der Waals surface area contributed by atoms with E-state index in [1.165, 1.54) is 0 Å². The van der Waals surface area contributed by atoms with Gasteiger partial charge in [0.2, 0.25) is 5.91 Å². The van der Waals surface area contributed by atoms with Crippen molar-refractivity contribution in [2.24, 2.45) is 0 Å². The number of carboxylic acid groups (broad SMARTS) is 1. The number of aliphatic hydroxyl groups is 1. The van der Waals surface area contributed by atoms with E-state index in [-0.39, 0.29) is 50.8 Å². The Kier molecular flexibility index (Phi) is 6.88. The van der Waals surface area contributed by atoms with Crippen molar-refractivity contribution in [1.29, 1.82) is 0 Å². The summed E-state index contributed by atoms with van der Waals surface area (Å²) >= 11 is 0. The number of rotatable bonds is 7. The van der Waals surface area contributed by atoms with Gasteiger partial charge in [-0.05, 0) is 28.7 Å². The average molecular weight is 467 g/mol. The second-order valence-electron chi connectivity index (χ2n) is 9.00.